The molecule has 0 amide bonds. The van der Waals surface area contributed by atoms with E-state index in [4.69, 9.17) is 9.84 Å². The van der Waals surface area contributed by atoms with Crippen molar-refractivity contribution < 1.29 is 27.8 Å². The fourth-order valence-electron chi connectivity index (χ4n) is 1.49. The molecule has 0 radical (unpaired) electrons. The second kappa shape index (κ2) is 5.54. The van der Waals surface area contributed by atoms with E-state index in [1.807, 2.05) is 0 Å². The van der Waals surface area contributed by atoms with Crippen LogP contribution in [0.3, 0.4) is 0 Å². The highest BCUT2D eigenvalue weighted by Gasteiger charge is 2.30. The third-order valence-electron chi connectivity index (χ3n) is 2.41. The fraction of sp³-hybridized carbons (Fsp3) is 0.154. The number of carboxylic acid groups (broad SMARTS) is 1. The first-order valence-corrected chi connectivity index (χ1v) is 6.30. The second-order valence-corrected chi connectivity index (χ2v) is 5.05. The van der Waals surface area contributed by atoms with Crippen molar-refractivity contribution in [3.05, 3.63) is 51.7 Å². The number of hydrogen-bond acceptors (Lipinski definition) is 3. The zero-order valence-corrected chi connectivity index (χ0v) is 10.8. The lowest BCUT2D eigenvalue weighted by Gasteiger charge is -2.09. The van der Waals surface area contributed by atoms with Crippen LogP contribution in [0.25, 0.3) is 0 Å². The van der Waals surface area contributed by atoms with Crippen LogP contribution in [-0.2, 0) is 12.8 Å². The summed E-state index contributed by atoms with van der Waals surface area (Å²) in [6, 6.07) is 7.54. The zero-order valence-electron chi connectivity index (χ0n) is 9.98. The predicted molar refractivity (Wildman–Crippen MR) is 67.1 cm³/mol. The summed E-state index contributed by atoms with van der Waals surface area (Å²) in [6.07, 6.45) is -4.42. The largest absolute Gasteiger partial charge is 0.488 e. The van der Waals surface area contributed by atoms with Gasteiger partial charge in [-0.3, -0.25) is 0 Å². The van der Waals surface area contributed by atoms with Gasteiger partial charge in [0.15, 0.2) is 0 Å². The van der Waals surface area contributed by atoms with E-state index in [9.17, 15) is 18.0 Å². The Labute approximate surface area is 116 Å². The number of aromatic carboxylic acids is 1. The third kappa shape index (κ3) is 3.51. The molecular formula is C13H9F3O3S. The molecule has 0 aliphatic rings. The van der Waals surface area contributed by atoms with Crippen molar-refractivity contribution in [2.75, 3.05) is 0 Å². The summed E-state index contributed by atoms with van der Waals surface area (Å²) in [5, 5.41) is 8.75. The van der Waals surface area contributed by atoms with Crippen LogP contribution in [0, 0.1) is 0 Å². The molecule has 106 valence electrons. The van der Waals surface area contributed by atoms with Crippen molar-refractivity contribution in [1.29, 1.82) is 0 Å². The second-order valence-electron chi connectivity index (χ2n) is 3.89. The van der Waals surface area contributed by atoms with Crippen molar-refractivity contribution in [3.8, 4) is 5.75 Å². The minimum atomic E-state index is -4.42. The van der Waals surface area contributed by atoms with Gasteiger partial charge in [-0.1, -0.05) is 6.07 Å². The van der Waals surface area contributed by atoms with E-state index in [2.05, 4.69) is 0 Å². The van der Waals surface area contributed by atoms with E-state index >= 15 is 0 Å². The maximum atomic E-state index is 12.5. The lowest BCUT2D eigenvalue weighted by atomic mass is 10.2. The molecule has 1 heterocycles. The Balaban J connectivity index is 2.05. The zero-order chi connectivity index (χ0) is 14.8. The van der Waals surface area contributed by atoms with E-state index < -0.39 is 17.7 Å². The Hall–Kier alpha value is -2.02. The molecule has 0 saturated carbocycles. The molecule has 0 atom stereocenters. The number of thiophene rings is 1. The van der Waals surface area contributed by atoms with Gasteiger partial charge >= 0.3 is 12.1 Å². The molecule has 2 aromatic rings. The van der Waals surface area contributed by atoms with Crippen LogP contribution >= 0.6 is 11.3 Å². The van der Waals surface area contributed by atoms with E-state index in [1.54, 1.807) is 6.07 Å². The number of rotatable bonds is 4. The molecule has 0 fully saturated rings. The molecule has 1 aromatic carbocycles. The quantitative estimate of drug-likeness (QED) is 0.927. The molecule has 0 aliphatic heterocycles. The van der Waals surface area contributed by atoms with Gasteiger partial charge in [0.2, 0.25) is 0 Å². The maximum Gasteiger partial charge on any atom is 0.416 e. The van der Waals surface area contributed by atoms with Crippen molar-refractivity contribution in [2.45, 2.75) is 12.8 Å². The highest BCUT2D eigenvalue weighted by Crippen LogP contribution is 2.31. The highest BCUT2D eigenvalue weighted by atomic mass is 32.1. The molecule has 1 aromatic heterocycles. The molecule has 0 unspecified atom stereocenters. The summed E-state index contributed by atoms with van der Waals surface area (Å²) >= 11 is 1.02. The van der Waals surface area contributed by atoms with Crippen LogP contribution in [0.4, 0.5) is 13.2 Å². The Morgan fingerprint density at radius 1 is 1.25 bits per heavy atom. The van der Waals surface area contributed by atoms with E-state index in [1.165, 1.54) is 18.2 Å². The van der Waals surface area contributed by atoms with Crippen LogP contribution in [0.15, 0.2) is 36.4 Å². The van der Waals surface area contributed by atoms with Crippen molar-refractivity contribution in [3.63, 3.8) is 0 Å². The number of ether oxygens (including phenoxy) is 1. The van der Waals surface area contributed by atoms with Gasteiger partial charge in [-0.05, 0) is 30.3 Å². The molecule has 0 bridgehead atoms. The number of alkyl halides is 3. The molecule has 2 rings (SSSR count). The summed E-state index contributed by atoms with van der Waals surface area (Å²) < 4.78 is 42.8. The maximum absolute atomic E-state index is 12.5. The third-order valence-corrected chi connectivity index (χ3v) is 3.46. The van der Waals surface area contributed by atoms with Crippen molar-refractivity contribution >= 4 is 17.3 Å². The van der Waals surface area contributed by atoms with Gasteiger partial charge in [0.05, 0.1) is 5.56 Å². The van der Waals surface area contributed by atoms with Crippen LogP contribution in [0.1, 0.15) is 20.1 Å². The average Bonchev–Trinajstić information content (AvgIpc) is 2.85. The molecule has 0 aliphatic carbocycles. The number of halogens is 3. The minimum absolute atomic E-state index is 0.0270. The van der Waals surface area contributed by atoms with E-state index in [0.717, 1.165) is 23.5 Å². The first-order chi connectivity index (χ1) is 9.36. The molecule has 1 N–H and O–H groups in total. The summed E-state index contributed by atoms with van der Waals surface area (Å²) in [7, 11) is 0. The summed E-state index contributed by atoms with van der Waals surface area (Å²) in [4.78, 5) is 11.5. The van der Waals surface area contributed by atoms with Crippen LogP contribution in [0.5, 0.6) is 5.75 Å². The Kier molecular flexibility index (Phi) is 3.99. The molecule has 7 heteroatoms. The van der Waals surface area contributed by atoms with Gasteiger partial charge in [0.25, 0.3) is 0 Å². The van der Waals surface area contributed by atoms with E-state index in [-0.39, 0.29) is 17.2 Å². The van der Waals surface area contributed by atoms with Crippen molar-refractivity contribution in [1.82, 2.24) is 0 Å². The predicted octanol–water partition coefficient (Wildman–Crippen LogP) is 4.04. The SMILES string of the molecule is O=C(O)c1ccc(COc2cccc(C(F)(F)F)c2)s1. The topological polar surface area (TPSA) is 46.5 Å². The lowest BCUT2D eigenvalue weighted by Crippen LogP contribution is -2.05. The number of hydrogen-bond donors (Lipinski definition) is 1. The number of carboxylic acids is 1. The fourth-order valence-corrected chi connectivity index (χ4v) is 2.25. The Morgan fingerprint density at radius 3 is 2.60 bits per heavy atom. The van der Waals surface area contributed by atoms with E-state index in [0.29, 0.717) is 4.88 Å². The molecule has 0 spiro atoms. The molecule has 3 nitrogen and oxygen atoms in total. The molecule has 0 saturated heterocycles. The normalized spacial score (nSPS) is 11.3. The van der Waals surface area contributed by atoms with Gasteiger partial charge in [-0.25, -0.2) is 4.79 Å². The Morgan fingerprint density at radius 2 is 2.00 bits per heavy atom. The number of benzene rings is 1. The first kappa shape index (κ1) is 14.4. The first-order valence-electron chi connectivity index (χ1n) is 5.48. The average molecular weight is 302 g/mol. The lowest BCUT2D eigenvalue weighted by molar-refractivity contribution is -0.137. The van der Waals surface area contributed by atoms with Crippen molar-refractivity contribution in [2.24, 2.45) is 0 Å². The van der Waals surface area contributed by atoms with Crippen LogP contribution in [0.2, 0.25) is 0 Å². The van der Waals surface area contributed by atoms with Gasteiger partial charge in [0.1, 0.15) is 17.2 Å². The van der Waals surface area contributed by atoms with Crippen LogP contribution in [-0.4, -0.2) is 11.1 Å². The summed E-state index contributed by atoms with van der Waals surface area (Å²) in [6.45, 7) is 0.0270. The summed E-state index contributed by atoms with van der Waals surface area (Å²) in [5.74, 6) is -0.953. The summed E-state index contributed by atoms with van der Waals surface area (Å²) in [5.41, 5.74) is -0.785. The highest BCUT2D eigenvalue weighted by molar-refractivity contribution is 7.13. The minimum Gasteiger partial charge on any atom is -0.488 e. The molecule has 20 heavy (non-hydrogen) atoms. The van der Waals surface area contributed by atoms with Gasteiger partial charge in [-0.2, -0.15) is 13.2 Å². The standard InChI is InChI=1S/C13H9F3O3S/c14-13(15,16)8-2-1-3-9(6-8)19-7-10-4-5-11(20-10)12(17)18/h1-6H,7H2,(H,17,18). The molecular weight excluding hydrogens is 293 g/mol. The monoisotopic (exact) mass is 302 g/mol. The van der Waals surface area contributed by atoms with Crippen LogP contribution < -0.4 is 4.74 Å². The number of carbonyl (C=O) groups is 1. The van der Waals surface area contributed by atoms with Gasteiger partial charge in [0, 0.05) is 4.88 Å². The smallest absolute Gasteiger partial charge is 0.416 e. The Bertz CT molecular complexity index is 619. The van der Waals surface area contributed by atoms with Gasteiger partial charge in [-0.15, -0.1) is 11.3 Å². The van der Waals surface area contributed by atoms with Gasteiger partial charge < -0.3 is 9.84 Å².